The molecule has 1 aliphatic heterocycles. The number of hydrogen-bond donors (Lipinski definition) is 2. The highest BCUT2D eigenvalue weighted by Gasteiger charge is 2.18. The van der Waals surface area contributed by atoms with E-state index in [1.807, 2.05) is 11.8 Å². The Morgan fingerprint density at radius 1 is 1.61 bits per heavy atom. The maximum Gasteiger partial charge on any atom is 0.270 e. The first-order chi connectivity index (χ1) is 8.79. The maximum absolute atomic E-state index is 11.9. The van der Waals surface area contributed by atoms with Crippen LogP contribution in [-0.4, -0.2) is 40.2 Å². The van der Waals surface area contributed by atoms with Crippen LogP contribution in [0.25, 0.3) is 0 Å². The average Bonchev–Trinajstić information content (AvgIpc) is 2.89. The van der Waals surface area contributed by atoms with E-state index >= 15 is 0 Å². The lowest BCUT2D eigenvalue weighted by molar-refractivity contribution is 0.0936. The van der Waals surface area contributed by atoms with Crippen molar-refractivity contribution >= 4 is 17.7 Å². The van der Waals surface area contributed by atoms with Crippen LogP contribution in [0.4, 0.5) is 0 Å². The summed E-state index contributed by atoms with van der Waals surface area (Å²) in [5, 5.41) is 11.5. The van der Waals surface area contributed by atoms with Crippen molar-refractivity contribution in [3.63, 3.8) is 0 Å². The van der Waals surface area contributed by atoms with E-state index in [-0.39, 0.29) is 18.6 Å². The second-order valence-electron chi connectivity index (χ2n) is 3.93. The topological polar surface area (TPSA) is 62.2 Å². The fraction of sp³-hybridized carbons (Fsp3) is 0.385. The number of rotatable bonds is 2. The fourth-order valence-electron chi connectivity index (χ4n) is 1.65. The normalized spacial score (nSPS) is 17.9. The average molecular weight is 262 g/mol. The molecule has 2 N–H and O–H groups in total. The van der Waals surface area contributed by atoms with Gasteiger partial charge in [-0.2, -0.15) is 11.8 Å². The molecular weight excluding hydrogens is 248 g/mol. The van der Waals surface area contributed by atoms with Crippen LogP contribution in [-0.2, 0) is 0 Å². The minimum absolute atomic E-state index is 0.135. The lowest BCUT2D eigenvalue weighted by Gasteiger charge is -2.10. The molecule has 0 spiro atoms. The zero-order valence-electron chi connectivity index (χ0n) is 9.85. The van der Waals surface area contributed by atoms with Crippen LogP contribution >= 0.6 is 11.8 Å². The first-order valence-electron chi connectivity index (χ1n) is 5.74. The Balaban J connectivity index is 1.97. The van der Waals surface area contributed by atoms with Crippen LogP contribution in [0, 0.1) is 11.8 Å². The van der Waals surface area contributed by atoms with E-state index in [0.717, 1.165) is 17.9 Å². The molecule has 1 aliphatic rings. The van der Waals surface area contributed by atoms with Crippen LogP contribution in [0.15, 0.2) is 18.3 Å². The van der Waals surface area contributed by atoms with Crippen molar-refractivity contribution in [3.8, 4) is 11.8 Å². The van der Waals surface area contributed by atoms with E-state index < -0.39 is 0 Å². The molecule has 1 unspecified atom stereocenters. The molecule has 0 aliphatic carbocycles. The van der Waals surface area contributed by atoms with E-state index in [1.165, 1.54) is 0 Å². The fourth-order valence-corrected chi connectivity index (χ4v) is 2.80. The van der Waals surface area contributed by atoms with E-state index in [1.54, 1.807) is 18.3 Å². The predicted octanol–water partition coefficient (Wildman–Crippen LogP) is 0.661. The van der Waals surface area contributed by atoms with Crippen molar-refractivity contribution in [2.75, 3.05) is 18.1 Å². The smallest absolute Gasteiger partial charge is 0.270 e. The number of amides is 1. The molecule has 1 aromatic heterocycles. The van der Waals surface area contributed by atoms with Crippen molar-refractivity contribution in [1.29, 1.82) is 0 Å². The Bertz CT molecular complexity index is 470. The van der Waals surface area contributed by atoms with Crippen molar-refractivity contribution in [2.45, 2.75) is 12.5 Å². The van der Waals surface area contributed by atoms with E-state index in [2.05, 4.69) is 22.1 Å². The minimum Gasteiger partial charge on any atom is -0.384 e. The molecule has 2 heterocycles. The Morgan fingerprint density at radius 2 is 2.50 bits per heavy atom. The number of pyridine rings is 1. The lowest BCUT2D eigenvalue weighted by Crippen LogP contribution is -2.35. The van der Waals surface area contributed by atoms with Gasteiger partial charge in [-0.25, -0.2) is 4.98 Å². The monoisotopic (exact) mass is 262 g/mol. The third kappa shape index (κ3) is 3.49. The zero-order valence-corrected chi connectivity index (χ0v) is 10.7. The number of thioether (sulfide) groups is 1. The van der Waals surface area contributed by atoms with Crippen LogP contribution < -0.4 is 5.32 Å². The van der Waals surface area contributed by atoms with Crippen molar-refractivity contribution < 1.29 is 9.90 Å². The van der Waals surface area contributed by atoms with Gasteiger partial charge in [0.2, 0.25) is 0 Å². The lowest BCUT2D eigenvalue weighted by atomic mass is 10.2. The highest BCUT2D eigenvalue weighted by molar-refractivity contribution is 7.99. The van der Waals surface area contributed by atoms with Gasteiger partial charge in [0.25, 0.3) is 5.91 Å². The molecule has 1 atom stereocenters. The maximum atomic E-state index is 11.9. The SMILES string of the molecule is O=C(NC1CCSC1)c1ccc(C#CCO)cn1. The molecule has 0 radical (unpaired) electrons. The number of nitrogens with one attached hydrogen (secondary N) is 1. The van der Waals surface area contributed by atoms with Gasteiger partial charge in [0.15, 0.2) is 0 Å². The van der Waals surface area contributed by atoms with Crippen molar-refractivity contribution in [1.82, 2.24) is 10.3 Å². The van der Waals surface area contributed by atoms with E-state index in [4.69, 9.17) is 5.11 Å². The van der Waals surface area contributed by atoms with Gasteiger partial charge in [-0.05, 0) is 24.3 Å². The minimum atomic E-state index is -0.179. The summed E-state index contributed by atoms with van der Waals surface area (Å²) in [7, 11) is 0. The van der Waals surface area contributed by atoms with Gasteiger partial charge in [-0.1, -0.05) is 11.8 Å². The molecule has 4 nitrogen and oxygen atoms in total. The van der Waals surface area contributed by atoms with E-state index in [0.29, 0.717) is 11.3 Å². The highest BCUT2D eigenvalue weighted by Crippen LogP contribution is 2.17. The van der Waals surface area contributed by atoms with E-state index in [9.17, 15) is 4.79 Å². The summed E-state index contributed by atoms with van der Waals surface area (Å²) in [6.45, 7) is -0.179. The van der Waals surface area contributed by atoms with Gasteiger partial charge in [0.05, 0.1) is 0 Å². The summed E-state index contributed by atoms with van der Waals surface area (Å²) < 4.78 is 0. The van der Waals surface area contributed by atoms with Crippen molar-refractivity contribution in [3.05, 3.63) is 29.6 Å². The number of nitrogens with zero attached hydrogens (tertiary/aromatic N) is 1. The molecule has 94 valence electrons. The van der Waals surface area contributed by atoms with Crippen LogP contribution in [0.5, 0.6) is 0 Å². The van der Waals surface area contributed by atoms with Crippen LogP contribution in [0.1, 0.15) is 22.5 Å². The summed E-state index contributed by atoms with van der Waals surface area (Å²) in [5.41, 5.74) is 1.10. The standard InChI is InChI=1S/C13H14N2O2S/c16-6-1-2-10-3-4-12(14-8-10)13(17)15-11-5-7-18-9-11/h3-4,8,11,16H,5-7,9H2,(H,15,17). The molecule has 0 aromatic carbocycles. The van der Waals surface area contributed by atoms with Gasteiger partial charge in [-0.15, -0.1) is 0 Å². The van der Waals surface area contributed by atoms with Gasteiger partial charge in [0, 0.05) is 23.6 Å². The zero-order chi connectivity index (χ0) is 12.8. The molecule has 2 rings (SSSR count). The van der Waals surface area contributed by atoms with Gasteiger partial charge in [-0.3, -0.25) is 4.79 Å². The Kier molecular flexibility index (Phi) is 4.62. The Labute approximate surface area is 110 Å². The molecule has 18 heavy (non-hydrogen) atoms. The number of carbonyl (C=O) groups is 1. The molecular formula is C13H14N2O2S. The molecule has 0 saturated carbocycles. The second kappa shape index (κ2) is 6.43. The Morgan fingerprint density at radius 3 is 3.11 bits per heavy atom. The number of carbonyl (C=O) groups excluding carboxylic acids is 1. The summed E-state index contributed by atoms with van der Waals surface area (Å²) >= 11 is 1.85. The van der Waals surface area contributed by atoms with Crippen LogP contribution in [0.3, 0.4) is 0 Å². The largest absolute Gasteiger partial charge is 0.384 e. The quantitative estimate of drug-likeness (QED) is 0.769. The second-order valence-corrected chi connectivity index (χ2v) is 5.08. The molecule has 0 bridgehead atoms. The third-order valence-corrected chi connectivity index (χ3v) is 3.74. The number of aliphatic hydroxyl groups excluding tert-OH is 1. The summed E-state index contributed by atoms with van der Waals surface area (Å²) in [6, 6.07) is 3.64. The van der Waals surface area contributed by atoms with Gasteiger partial charge in [0.1, 0.15) is 12.3 Å². The molecule has 1 aromatic rings. The third-order valence-electron chi connectivity index (χ3n) is 2.57. The van der Waals surface area contributed by atoms with Crippen LogP contribution in [0.2, 0.25) is 0 Å². The molecule has 1 amide bonds. The number of hydrogen-bond acceptors (Lipinski definition) is 4. The molecule has 1 fully saturated rings. The summed E-state index contributed by atoms with van der Waals surface area (Å²) in [4.78, 5) is 15.9. The number of aromatic nitrogens is 1. The van der Waals surface area contributed by atoms with Crippen molar-refractivity contribution in [2.24, 2.45) is 0 Å². The van der Waals surface area contributed by atoms with Gasteiger partial charge < -0.3 is 10.4 Å². The first-order valence-corrected chi connectivity index (χ1v) is 6.89. The number of aliphatic hydroxyl groups is 1. The summed E-state index contributed by atoms with van der Waals surface area (Å²) in [5.74, 6) is 7.22. The molecule has 5 heteroatoms. The Hall–Kier alpha value is -1.51. The van der Waals surface area contributed by atoms with Gasteiger partial charge >= 0.3 is 0 Å². The molecule has 1 saturated heterocycles. The predicted molar refractivity (Wildman–Crippen MR) is 71.4 cm³/mol. The first kappa shape index (κ1) is 12.9. The highest BCUT2D eigenvalue weighted by atomic mass is 32.2. The summed E-state index contributed by atoms with van der Waals surface area (Å²) in [6.07, 6.45) is 2.57.